The fourth-order valence-corrected chi connectivity index (χ4v) is 3.91. The van der Waals surface area contributed by atoms with Crippen LogP contribution in [0.2, 0.25) is 0 Å². The van der Waals surface area contributed by atoms with Crippen LogP contribution in [0.15, 0.2) is 42.5 Å². The number of piperazine rings is 1. The monoisotopic (exact) mass is 425 g/mol. The lowest BCUT2D eigenvalue weighted by Crippen LogP contribution is -2.52. The van der Waals surface area contributed by atoms with Crippen molar-refractivity contribution in [1.82, 2.24) is 9.80 Å². The van der Waals surface area contributed by atoms with E-state index < -0.39 is 0 Å². The van der Waals surface area contributed by atoms with Gasteiger partial charge in [0.05, 0.1) is 20.3 Å². The Hall–Kier alpha value is -2.57. The largest absolute Gasteiger partial charge is 0.493 e. The maximum atomic E-state index is 12.7. The first-order chi connectivity index (χ1) is 14.9. The van der Waals surface area contributed by atoms with E-state index in [2.05, 4.69) is 47.2 Å². The number of ether oxygens (including phenoxy) is 2. The molecule has 0 bridgehead atoms. The standard InChI is InChI=1S/C25H35N3O3/c1-18(2)21-7-9-22(10-8-21)26-25(29)19(3)28-14-12-27(13-15-28)17-20-6-11-23(30-4)24(16-20)31-5/h6-11,16,18-19H,12-15,17H2,1-5H3,(H,26,29). The molecular weight excluding hydrogens is 390 g/mol. The van der Waals surface area contributed by atoms with Gasteiger partial charge in [0.25, 0.3) is 0 Å². The van der Waals surface area contributed by atoms with Gasteiger partial charge in [0, 0.05) is 38.4 Å². The Kier molecular flexibility index (Phi) is 7.93. The molecule has 0 spiro atoms. The van der Waals surface area contributed by atoms with Crippen LogP contribution in [0.3, 0.4) is 0 Å². The van der Waals surface area contributed by atoms with Crippen molar-refractivity contribution in [2.45, 2.75) is 39.3 Å². The molecule has 1 saturated heterocycles. The third-order valence-electron chi connectivity index (χ3n) is 6.03. The van der Waals surface area contributed by atoms with Crippen molar-refractivity contribution in [3.8, 4) is 11.5 Å². The predicted octanol–water partition coefficient (Wildman–Crippen LogP) is 3.97. The molecule has 2 aromatic rings. The van der Waals surface area contributed by atoms with Crippen molar-refractivity contribution in [2.75, 3.05) is 45.7 Å². The van der Waals surface area contributed by atoms with Gasteiger partial charge >= 0.3 is 0 Å². The van der Waals surface area contributed by atoms with Crippen molar-refractivity contribution < 1.29 is 14.3 Å². The van der Waals surface area contributed by atoms with Crippen LogP contribution in [0.5, 0.6) is 11.5 Å². The van der Waals surface area contributed by atoms with Gasteiger partial charge in [0.15, 0.2) is 11.5 Å². The molecule has 1 heterocycles. The summed E-state index contributed by atoms with van der Waals surface area (Å²) in [6, 6.07) is 14.0. The summed E-state index contributed by atoms with van der Waals surface area (Å²) in [7, 11) is 3.31. The van der Waals surface area contributed by atoms with Crippen molar-refractivity contribution in [1.29, 1.82) is 0 Å². The summed E-state index contributed by atoms with van der Waals surface area (Å²) in [5, 5.41) is 3.06. The molecule has 1 atom stereocenters. The molecule has 1 N–H and O–H groups in total. The third kappa shape index (κ3) is 5.99. The minimum Gasteiger partial charge on any atom is -0.493 e. The van der Waals surface area contributed by atoms with Crippen LogP contribution >= 0.6 is 0 Å². The van der Waals surface area contributed by atoms with Crippen molar-refractivity contribution >= 4 is 11.6 Å². The molecule has 6 nitrogen and oxygen atoms in total. The van der Waals surface area contributed by atoms with Crippen molar-refractivity contribution in [3.63, 3.8) is 0 Å². The highest BCUT2D eigenvalue weighted by Gasteiger charge is 2.25. The summed E-state index contributed by atoms with van der Waals surface area (Å²) in [5.41, 5.74) is 3.33. The van der Waals surface area contributed by atoms with Crippen LogP contribution in [0.1, 0.15) is 37.8 Å². The van der Waals surface area contributed by atoms with Crippen LogP contribution in [0.25, 0.3) is 0 Å². The Morgan fingerprint density at radius 2 is 1.58 bits per heavy atom. The molecular formula is C25H35N3O3. The maximum absolute atomic E-state index is 12.7. The second-order valence-electron chi connectivity index (χ2n) is 8.44. The van der Waals surface area contributed by atoms with Gasteiger partial charge in [-0.1, -0.05) is 32.0 Å². The highest BCUT2D eigenvalue weighted by molar-refractivity contribution is 5.94. The third-order valence-corrected chi connectivity index (χ3v) is 6.03. The Morgan fingerprint density at radius 1 is 0.935 bits per heavy atom. The van der Waals surface area contributed by atoms with Gasteiger partial charge in [-0.3, -0.25) is 14.6 Å². The molecule has 1 unspecified atom stereocenters. The molecule has 3 rings (SSSR count). The highest BCUT2D eigenvalue weighted by atomic mass is 16.5. The first kappa shape index (κ1) is 23.1. The molecule has 0 saturated carbocycles. The summed E-state index contributed by atoms with van der Waals surface area (Å²) in [6.45, 7) is 10.8. The van der Waals surface area contributed by atoms with Gasteiger partial charge in [0.2, 0.25) is 5.91 Å². The molecule has 6 heteroatoms. The number of rotatable bonds is 8. The quantitative estimate of drug-likeness (QED) is 0.694. The van der Waals surface area contributed by atoms with E-state index in [1.807, 2.05) is 31.2 Å². The number of benzene rings is 2. The number of methoxy groups -OCH3 is 2. The van der Waals surface area contributed by atoms with Crippen LogP contribution in [0.4, 0.5) is 5.69 Å². The molecule has 0 aliphatic carbocycles. The van der Waals surface area contributed by atoms with Gasteiger partial charge in [-0.15, -0.1) is 0 Å². The zero-order valence-electron chi connectivity index (χ0n) is 19.4. The summed E-state index contributed by atoms with van der Waals surface area (Å²) in [5.74, 6) is 2.03. The molecule has 1 aliphatic heterocycles. The van der Waals surface area contributed by atoms with E-state index in [1.54, 1.807) is 14.2 Å². The molecule has 0 aromatic heterocycles. The number of hydrogen-bond acceptors (Lipinski definition) is 5. The lowest BCUT2D eigenvalue weighted by Gasteiger charge is -2.37. The summed E-state index contributed by atoms with van der Waals surface area (Å²) in [6.07, 6.45) is 0. The van der Waals surface area contributed by atoms with E-state index in [0.29, 0.717) is 5.92 Å². The van der Waals surface area contributed by atoms with Crippen LogP contribution in [-0.2, 0) is 11.3 Å². The van der Waals surface area contributed by atoms with Crippen LogP contribution in [0, 0.1) is 0 Å². The highest BCUT2D eigenvalue weighted by Crippen LogP contribution is 2.28. The number of hydrogen-bond donors (Lipinski definition) is 1. The number of amides is 1. The molecule has 1 amide bonds. The normalized spacial score (nSPS) is 16.2. The van der Waals surface area contributed by atoms with Gasteiger partial charge in [-0.25, -0.2) is 0 Å². The van der Waals surface area contributed by atoms with Gasteiger partial charge < -0.3 is 14.8 Å². The van der Waals surface area contributed by atoms with E-state index in [1.165, 1.54) is 11.1 Å². The number of carbonyl (C=O) groups excluding carboxylic acids is 1. The Bertz CT molecular complexity index is 859. The molecule has 31 heavy (non-hydrogen) atoms. The summed E-state index contributed by atoms with van der Waals surface area (Å²) in [4.78, 5) is 17.4. The minimum atomic E-state index is -0.159. The topological polar surface area (TPSA) is 54.0 Å². The first-order valence-corrected chi connectivity index (χ1v) is 11.0. The van der Waals surface area contributed by atoms with E-state index in [9.17, 15) is 4.79 Å². The second kappa shape index (κ2) is 10.6. The smallest absolute Gasteiger partial charge is 0.241 e. The summed E-state index contributed by atoms with van der Waals surface area (Å²) >= 11 is 0. The van der Waals surface area contributed by atoms with Crippen LogP contribution < -0.4 is 14.8 Å². The molecule has 0 radical (unpaired) electrons. The molecule has 2 aromatic carbocycles. The summed E-state index contributed by atoms with van der Waals surface area (Å²) < 4.78 is 10.7. The lowest BCUT2D eigenvalue weighted by molar-refractivity contribution is -0.121. The Balaban J connectivity index is 1.50. The van der Waals surface area contributed by atoms with Gasteiger partial charge in [0.1, 0.15) is 0 Å². The predicted molar refractivity (Wildman–Crippen MR) is 125 cm³/mol. The van der Waals surface area contributed by atoms with E-state index in [0.717, 1.165) is 49.9 Å². The van der Waals surface area contributed by atoms with E-state index in [4.69, 9.17) is 9.47 Å². The van der Waals surface area contributed by atoms with E-state index in [-0.39, 0.29) is 11.9 Å². The van der Waals surface area contributed by atoms with Crippen molar-refractivity contribution in [2.24, 2.45) is 0 Å². The molecule has 1 fully saturated rings. The van der Waals surface area contributed by atoms with Gasteiger partial charge in [-0.05, 0) is 48.2 Å². The van der Waals surface area contributed by atoms with Gasteiger partial charge in [-0.2, -0.15) is 0 Å². The number of nitrogens with zero attached hydrogens (tertiary/aromatic N) is 2. The van der Waals surface area contributed by atoms with E-state index >= 15 is 0 Å². The zero-order valence-corrected chi connectivity index (χ0v) is 19.4. The minimum absolute atomic E-state index is 0.0469. The average molecular weight is 426 g/mol. The number of carbonyl (C=O) groups is 1. The Morgan fingerprint density at radius 3 is 2.16 bits per heavy atom. The Labute approximate surface area is 186 Å². The fourth-order valence-electron chi connectivity index (χ4n) is 3.91. The van der Waals surface area contributed by atoms with Crippen molar-refractivity contribution in [3.05, 3.63) is 53.6 Å². The second-order valence-corrected chi connectivity index (χ2v) is 8.44. The van der Waals surface area contributed by atoms with Crippen LogP contribution in [-0.4, -0.2) is 62.1 Å². The molecule has 168 valence electrons. The fraction of sp³-hybridized carbons (Fsp3) is 0.480. The number of nitrogens with one attached hydrogen (secondary N) is 1. The molecule has 1 aliphatic rings. The maximum Gasteiger partial charge on any atom is 0.241 e. The SMILES string of the molecule is COc1ccc(CN2CCN(C(C)C(=O)Nc3ccc(C(C)C)cc3)CC2)cc1OC. The zero-order chi connectivity index (χ0) is 22.4. The average Bonchev–Trinajstić information content (AvgIpc) is 2.79. The number of anilines is 1. The lowest BCUT2D eigenvalue weighted by atomic mass is 10.0. The first-order valence-electron chi connectivity index (χ1n) is 11.0.